The Morgan fingerprint density at radius 2 is 1.94 bits per heavy atom. The van der Waals surface area contributed by atoms with Gasteiger partial charge in [-0.1, -0.05) is 42.9 Å². The second-order valence-corrected chi connectivity index (χ2v) is 5.74. The van der Waals surface area contributed by atoms with E-state index in [-0.39, 0.29) is 0 Å². The molecule has 1 saturated heterocycles. The average Bonchev–Trinajstić information content (AvgIpc) is 2.33. The Hall–Kier alpha value is -0.860. The van der Waals surface area contributed by atoms with Crippen molar-refractivity contribution >= 4 is 0 Å². The Morgan fingerprint density at radius 1 is 1.28 bits per heavy atom. The fourth-order valence-corrected chi connectivity index (χ4v) is 3.11. The van der Waals surface area contributed by atoms with Gasteiger partial charge in [0.05, 0.1) is 0 Å². The maximum absolute atomic E-state index is 4.07. The first-order valence-corrected chi connectivity index (χ1v) is 7.12. The summed E-state index contributed by atoms with van der Waals surface area (Å²) in [6.07, 6.45) is 7.56. The van der Waals surface area contributed by atoms with E-state index in [1.807, 2.05) is 0 Å². The lowest BCUT2D eigenvalue weighted by atomic mass is 9.98. The fourth-order valence-electron chi connectivity index (χ4n) is 3.11. The number of allylic oxidation sites excluding steroid dienone is 4. The molecule has 1 aliphatic heterocycles. The SMILES string of the molecule is C=C1C=CC=C(CN2[C@H](C)CN(CC)C[C@@H]2C)C1. The maximum Gasteiger partial charge on any atom is 0.0206 e. The molecule has 2 aliphatic rings. The normalized spacial score (nSPS) is 30.6. The molecule has 0 amide bonds. The molecule has 0 aromatic carbocycles. The van der Waals surface area contributed by atoms with E-state index in [2.05, 4.69) is 55.4 Å². The zero-order valence-electron chi connectivity index (χ0n) is 12.0. The van der Waals surface area contributed by atoms with Crippen molar-refractivity contribution in [2.75, 3.05) is 26.2 Å². The molecule has 1 heterocycles. The van der Waals surface area contributed by atoms with E-state index in [9.17, 15) is 0 Å². The Morgan fingerprint density at radius 3 is 2.50 bits per heavy atom. The van der Waals surface area contributed by atoms with Gasteiger partial charge in [-0.3, -0.25) is 4.90 Å². The van der Waals surface area contributed by atoms with E-state index >= 15 is 0 Å². The van der Waals surface area contributed by atoms with Crippen molar-refractivity contribution in [3.63, 3.8) is 0 Å². The summed E-state index contributed by atoms with van der Waals surface area (Å²) >= 11 is 0. The molecule has 2 atom stereocenters. The van der Waals surface area contributed by atoms with Crippen LogP contribution in [0.1, 0.15) is 27.2 Å². The van der Waals surface area contributed by atoms with Gasteiger partial charge in [0.25, 0.3) is 0 Å². The molecule has 100 valence electrons. The van der Waals surface area contributed by atoms with E-state index in [4.69, 9.17) is 0 Å². The van der Waals surface area contributed by atoms with Crippen LogP contribution in [0.4, 0.5) is 0 Å². The predicted octanol–water partition coefficient (Wildman–Crippen LogP) is 2.84. The zero-order valence-corrected chi connectivity index (χ0v) is 12.0. The van der Waals surface area contributed by atoms with Crippen LogP contribution in [0.5, 0.6) is 0 Å². The minimum absolute atomic E-state index is 0.647. The summed E-state index contributed by atoms with van der Waals surface area (Å²) in [6, 6.07) is 1.29. The van der Waals surface area contributed by atoms with Crippen molar-refractivity contribution < 1.29 is 0 Å². The summed E-state index contributed by atoms with van der Waals surface area (Å²) in [4.78, 5) is 5.20. The number of nitrogens with zero attached hydrogens (tertiary/aromatic N) is 2. The largest absolute Gasteiger partial charge is 0.301 e. The first kappa shape index (κ1) is 13.6. The summed E-state index contributed by atoms with van der Waals surface area (Å²) in [6.45, 7) is 15.7. The summed E-state index contributed by atoms with van der Waals surface area (Å²) in [5.74, 6) is 0. The minimum atomic E-state index is 0.647. The van der Waals surface area contributed by atoms with Crippen LogP contribution < -0.4 is 0 Å². The van der Waals surface area contributed by atoms with E-state index in [0.717, 1.165) is 13.0 Å². The fraction of sp³-hybridized carbons (Fsp3) is 0.625. The van der Waals surface area contributed by atoms with Gasteiger partial charge in [0.2, 0.25) is 0 Å². The van der Waals surface area contributed by atoms with Crippen molar-refractivity contribution in [3.8, 4) is 0 Å². The Kier molecular flexibility index (Phi) is 4.41. The molecule has 0 bridgehead atoms. The van der Waals surface area contributed by atoms with Gasteiger partial charge < -0.3 is 4.90 Å². The first-order valence-electron chi connectivity index (χ1n) is 7.12. The van der Waals surface area contributed by atoms with E-state index in [1.165, 1.54) is 30.8 Å². The number of likely N-dealkylation sites (N-methyl/N-ethyl adjacent to an activating group) is 1. The van der Waals surface area contributed by atoms with Crippen LogP contribution in [0.25, 0.3) is 0 Å². The Bertz CT molecular complexity index is 355. The number of hydrogen-bond acceptors (Lipinski definition) is 2. The van der Waals surface area contributed by atoms with Gasteiger partial charge in [-0.15, -0.1) is 0 Å². The van der Waals surface area contributed by atoms with Crippen LogP contribution in [-0.4, -0.2) is 48.1 Å². The van der Waals surface area contributed by atoms with Crippen LogP contribution in [0, 0.1) is 0 Å². The highest BCUT2D eigenvalue weighted by Crippen LogP contribution is 2.22. The molecular weight excluding hydrogens is 220 g/mol. The smallest absolute Gasteiger partial charge is 0.0206 e. The summed E-state index contributed by atoms with van der Waals surface area (Å²) < 4.78 is 0. The van der Waals surface area contributed by atoms with E-state index in [1.54, 1.807) is 0 Å². The second-order valence-electron chi connectivity index (χ2n) is 5.74. The molecule has 0 spiro atoms. The molecule has 1 aliphatic carbocycles. The van der Waals surface area contributed by atoms with Gasteiger partial charge in [0.1, 0.15) is 0 Å². The summed E-state index contributed by atoms with van der Waals surface area (Å²) in [5.41, 5.74) is 2.74. The van der Waals surface area contributed by atoms with Crippen molar-refractivity contribution in [2.24, 2.45) is 0 Å². The highest BCUT2D eigenvalue weighted by molar-refractivity contribution is 5.33. The zero-order chi connectivity index (χ0) is 13.1. The van der Waals surface area contributed by atoms with E-state index < -0.39 is 0 Å². The Balaban J connectivity index is 1.98. The van der Waals surface area contributed by atoms with Crippen molar-refractivity contribution in [1.29, 1.82) is 0 Å². The van der Waals surface area contributed by atoms with Crippen LogP contribution >= 0.6 is 0 Å². The van der Waals surface area contributed by atoms with Crippen LogP contribution in [0.3, 0.4) is 0 Å². The maximum atomic E-state index is 4.07. The first-order chi connectivity index (χ1) is 8.60. The van der Waals surface area contributed by atoms with Gasteiger partial charge in [-0.05, 0) is 26.8 Å². The monoisotopic (exact) mass is 246 g/mol. The molecule has 0 unspecified atom stereocenters. The third-order valence-corrected chi connectivity index (χ3v) is 4.13. The van der Waals surface area contributed by atoms with Gasteiger partial charge in [-0.25, -0.2) is 0 Å². The highest BCUT2D eigenvalue weighted by atomic mass is 15.3. The molecule has 2 heteroatoms. The van der Waals surface area contributed by atoms with Crippen LogP contribution in [-0.2, 0) is 0 Å². The summed E-state index contributed by atoms with van der Waals surface area (Å²) in [7, 11) is 0. The molecule has 0 radical (unpaired) electrons. The number of piperazine rings is 1. The lowest BCUT2D eigenvalue weighted by Crippen LogP contribution is -2.56. The second kappa shape index (κ2) is 5.85. The van der Waals surface area contributed by atoms with Gasteiger partial charge in [0, 0.05) is 31.7 Å². The van der Waals surface area contributed by atoms with Crippen molar-refractivity contribution in [1.82, 2.24) is 9.80 Å². The number of rotatable bonds is 3. The van der Waals surface area contributed by atoms with Crippen LogP contribution in [0.15, 0.2) is 36.0 Å². The quantitative estimate of drug-likeness (QED) is 0.755. The molecule has 2 nitrogen and oxygen atoms in total. The molecule has 18 heavy (non-hydrogen) atoms. The topological polar surface area (TPSA) is 6.48 Å². The molecule has 0 N–H and O–H groups in total. The highest BCUT2D eigenvalue weighted by Gasteiger charge is 2.28. The van der Waals surface area contributed by atoms with Crippen molar-refractivity contribution in [2.45, 2.75) is 39.3 Å². The van der Waals surface area contributed by atoms with Gasteiger partial charge in [0.15, 0.2) is 0 Å². The van der Waals surface area contributed by atoms with Gasteiger partial charge in [-0.2, -0.15) is 0 Å². The lowest BCUT2D eigenvalue weighted by molar-refractivity contribution is 0.0489. The Labute approximate surface area is 112 Å². The number of hydrogen-bond donors (Lipinski definition) is 0. The molecule has 0 aromatic rings. The third-order valence-electron chi connectivity index (χ3n) is 4.13. The molecule has 0 aromatic heterocycles. The predicted molar refractivity (Wildman–Crippen MR) is 78.7 cm³/mol. The van der Waals surface area contributed by atoms with E-state index in [0.29, 0.717) is 12.1 Å². The molecule has 0 saturated carbocycles. The average molecular weight is 246 g/mol. The van der Waals surface area contributed by atoms with Crippen molar-refractivity contribution in [3.05, 3.63) is 36.0 Å². The lowest BCUT2D eigenvalue weighted by Gasteiger charge is -2.44. The molecular formula is C16H26N2. The third kappa shape index (κ3) is 3.12. The molecule has 1 fully saturated rings. The standard InChI is InChI=1S/C16H26N2/c1-5-17-10-14(3)18(15(4)11-17)12-16-8-6-7-13(2)9-16/h6-8,14-15H,2,5,9-12H2,1,3-4H3/t14-,15+. The van der Waals surface area contributed by atoms with Crippen LogP contribution in [0.2, 0.25) is 0 Å². The minimum Gasteiger partial charge on any atom is -0.301 e. The molecule has 2 rings (SSSR count). The van der Waals surface area contributed by atoms with Gasteiger partial charge >= 0.3 is 0 Å². The summed E-state index contributed by atoms with van der Waals surface area (Å²) in [5, 5.41) is 0.